The fourth-order valence-corrected chi connectivity index (χ4v) is 4.08. The third-order valence-corrected chi connectivity index (χ3v) is 6.17. The van der Waals surface area contributed by atoms with Crippen LogP contribution in [0.15, 0.2) is 18.2 Å². The van der Waals surface area contributed by atoms with Crippen LogP contribution in [-0.2, 0) is 9.59 Å². The first kappa shape index (κ1) is 20.6. The molecule has 1 saturated carbocycles. The Morgan fingerprint density at radius 3 is 2.32 bits per heavy atom. The van der Waals surface area contributed by atoms with Gasteiger partial charge in [-0.15, -0.1) is 0 Å². The molecule has 1 heterocycles. The van der Waals surface area contributed by atoms with Crippen LogP contribution in [-0.4, -0.2) is 67.4 Å². The minimum atomic E-state index is -0.182. The molecule has 6 heteroatoms. The highest BCUT2D eigenvalue weighted by molar-refractivity contribution is 6.00. The monoisotopic (exact) mass is 386 g/mol. The third kappa shape index (κ3) is 4.49. The van der Waals surface area contributed by atoms with Crippen molar-refractivity contribution in [1.29, 1.82) is 0 Å². The molecule has 2 unspecified atom stereocenters. The Bertz CT molecular complexity index is 708. The fraction of sp³-hybridized carbons (Fsp3) is 0.636. The molecular weight excluding hydrogens is 352 g/mol. The summed E-state index contributed by atoms with van der Waals surface area (Å²) in [6.07, 6.45) is 0.676. The molecular formula is C22H34N4O2. The number of aryl methyl sites for hydroxylation is 1. The van der Waals surface area contributed by atoms with E-state index in [-0.39, 0.29) is 23.7 Å². The molecule has 6 nitrogen and oxygen atoms in total. The lowest BCUT2D eigenvalue weighted by molar-refractivity contribution is -0.135. The van der Waals surface area contributed by atoms with Gasteiger partial charge in [0.15, 0.2) is 0 Å². The molecule has 1 aromatic carbocycles. The molecule has 0 spiro atoms. The minimum absolute atomic E-state index is 0.0239. The molecule has 1 aromatic rings. The van der Waals surface area contributed by atoms with Crippen LogP contribution in [0.3, 0.4) is 0 Å². The van der Waals surface area contributed by atoms with Crippen LogP contribution in [0, 0.1) is 18.8 Å². The second-order valence-corrected chi connectivity index (χ2v) is 7.87. The molecule has 1 N–H and O–H groups in total. The summed E-state index contributed by atoms with van der Waals surface area (Å²) < 4.78 is 0. The highest BCUT2D eigenvalue weighted by Crippen LogP contribution is 2.41. The Kier molecular flexibility index (Phi) is 6.60. The maximum absolute atomic E-state index is 12.7. The molecule has 2 amide bonds. The Hall–Kier alpha value is -2.08. The number of nitrogens with one attached hydrogen (secondary N) is 1. The van der Waals surface area contributed by atoms with Crippen molar-refractivity contribution in [2.75, 3.05) is 56.0 Å². The number of benzene rings is 1. The Balaban J connectivity index is 1.54. The smallest absolute Gasteiger partial charge is 0.228 e. The van der Waals surface area contributed by atoms with Gasteiger partial charge < -0.3 is 20.0 Å². The Morgan fingerprint density at radius 2 is 1.75 bits per heavy atom. The molecule has 3 rings (SSSR count). The Labute approximate surface area is 168 Å². The van der Waals surface area contributed by atoms with Crippen molar-refractivity contribution in [3.8, 4) is 0 Å². The van der Waals surface area contributed by atoms with E-state index in [0.29, 0.717) is 6.42 Å². The molecule has 0 aromatic heterocycles. The van der Waals surface area contributed by atoms with E-state index >= 15 is 0 Å². The predicted molar refractivity (Wildman–Crippen MR) is 114 cm³/mol. The number of anilines is 2. The average molecular weight is 387 g/mol. The van der Waals surface area contributed by atoms with Gasteiger partial charge in [-0.3, -0.25) is 9.59 Å². The lowest BCUT2D eigenvalue weighted by Crippen LogP contribution is -2.49. The van der Waals surface area contributed by atoms with Crippen molar-refractivity contribution in [3.63, 3.8) is 0 Å². The number of piperazine rings is 1. The summed E-state index contributed by atoms with van der Waals surface area (Å²) in [5, 5.41) is 3.04. The first-order valence-corrected chi connectivity index (χ1v) is 10.7. The summed E-state index contributed by atoms with van der Waals surface area (Å²) in [6.45, 7) is 14.8. The first-order chi connectivity index (χ1) is 13.5. The van der Waals surface area contributed by atoms with Gasteiger partial charge in [0.2, 0.25) is 11.8 Å². The molecule has 0 bridgehead atoms. The van der Waals surface area contributed by atoms with Crippen LogP contribution in [0.1, 0.15) is 32.8 Å². The van der Waals surface area contributed by atoms with Gasteiger partial charge in [-0.25, -0.2) is 0 Å². The largest absolute Gasteiger partial charge is 0.372 e. The minimum Gasteiger partial charge on any atom is -0.372 e. The topological polar surface area (TPSA) is 55.9 Å². The summed E-state index contributed by atoms with van der Waals surface area (Å²) in [5.74, 6) is -0.185. The number of rotatable bonds is 7. The predicted octanol–water partition coefficient (Wildman–Crippen LogP) is 2.58. The standard InChI is InChI=1S/C22H34N4O2/c1-5-24-10-12-26(13-11-24)22(28)19-15-18(19)21(27)23-20-9-8-17(14-16(20)4)25(6-2)7-3/h8-9,14,18-19H,5-7,10-13,15H2,1-4H3,(H,23,27). The van der Waals surface area contributed by atoms with Gasteiger partial charge in [-0.05, 0) is 57.5 Å². The van der Waals surface area contributed by atoms with Crippen LogP contribution in [0.2, 0.25) is 0 Å². The number of nitrogens with zero attached hydrogens (tertiary/aromatic N) is 3. The van der Waals surface area contributed by atoms with Gasteiger partial charge in [-0.2, -0.15) is 0 Å². The van der Waals surface area contributed by atoms with Gasteiger partial charge in [0.1, 0.15) is 0 Å². The highest BCUT2D eigenvalue weighted by atomic mass is 16.2. The summed E-state index contributed by atoms with van der Waals surface area (Å²) in [5.41, 5.74) is 3.07. The van der Waals surface area contributed by atoms with E-state index in [9.17, 15) is 9.59 Å². The average Bonchev–Trinajstić information content (AvgIpc) is 3.51. The summed E-state index contributed by atoms with van der Waals surface area (Å²) in [6, 6.07) is 6.15. The van der Waals surface area contributed by atoms with Crippen molar-refractivity contribution >= 4 is 23.2 Å². The quantitative estimate of drug-likeness (QED) is 0.783. The molecule has 1 saturated heterocycles. The molecule has 2 aliphatic rings. The van der Waals surface area contributed by atoms with Crippen LogP contribution < -0.4 is 10.2 Å². The van der Waals surface area contributed by atoms with Crippen molar-refractivity contribution in [3.05, 3.63) is 23.8 Å². The summed E-state index contributed by atoms with van der Waals surface area (Å²) in [7, 11) is 0. The molecule has 154 valence electrons. The maximum Gasteiger partial charge on any atom is 0.228 e. The van der Waals surface area contributed by atoms with E-state index in [2.05, 4.69) is 48.0 Å². The second kappa shape index (κ2) is 8.95. The van der Waals surface area contributed by atoms with Gasteiger partial charge in [0.25, 0.3) is 0 Å². The first-order valence-electron chi connectivity index (χ1n) is 10.7. The number of amides is 2. The van der Waals surface area contributed by atoms with Crippen molar-refractivity contribution < 1.29 is 9.59 Å². The summed E-state index contributed by atoms with van der Waals surface area (Å²) in [4.78, 5) is 31.9. The normalized spacial score (nSPS) is 22.1. The molecule has 0 radical (unpaired) electrons. The van der Waals surface area contributed by atoms with Crippen LogP contribution in [0.25, 0.3) is 0 Å². The van der Waals surface area contributed by atoms with Gasteiger partial charge in [-0.1, -0.05) is 6.92 Å². The zero-order chi connectivity index (χ0) is 20.3. The number of hydrogen-bond donors (Lipinski definition) is 1. The van der Waals surface area contributed by atoms with E-state index < -0.39 is 0 Å². The van der Waals surface area contributed by atoms with E-state index in [1.807, 2.05) is 17.9 Å². The van der Waals surface area contributed by atoms with Gasteiger partial charge in [0.05, 0.1) is 11.8 Å². The summed E-state index contributed by atoms with van der Waals surface area (Å²) >= 11 is 0. The Morgan fingerprint density at radius 1 is 1.07 bits per heavy atom. The molecule has 28 heavy (non-hydrogen) atoms. The number of hydrogen-bond acceptors (Lipinski definition) is 4. The van der Waals surface area contributed by atoms with Gasteiger partial charge >= 0.3 is 0 Å². The zero-order valence-corrected chi connectivity index (χ0v) is 17.7. The lowest BCUT2D eigenvalue weighted by Gasteiger charge is -2.34. The van der Waals surface area contributed by atoms with Crippen LogP contribution >= 0.6 is 0 Å². The zero-order valence-electron chi connectivity index (χ0n) is 17.7. The van der Waals surface area contributed by atoms with Crippen molar-refractivity contribution in [2.45, 2.75) is 34.1 Å². The molecule has 1 aliphatic heterocycles. The lowest BCUT2D eigenvalue weighted by atomic mass is 10.1. The van der Waals surface area contributed by atoms with E-state index in [4.69, 9.17) is 0 Å². The number of carbonyl (C=O) groups excluding carboxylic acids is 2. The second-order valence-electron chi connectivity index (χ2n) is 7.87. The third-order valence-electron chi connectivity index (χ3n) is 6.17. The fourth-order valence-electron chi connectivity index (χ4n) is 4.08. The highest BCUT2D eigenvalue weighted by Gasteiger charge is 2.49. The molecule has 2 fully saturated rings. The SMILES string of the molecule is CCN1CCN(C(=O)C2CC2C(=O)Nc2ccc(N(CC)CC)cc2C)CC1. The van der Waals surface area contributed by atoms with Gasteiger partial charge in [0, 0.05) is 50.6 Å². The number of carbonyl (C=O) groups is 2. The maximum atomic E-state index is 12.7. The molecule has 1 aliphatic carbocycles. The van der Waals surface area contributed by atoms with E-state index in [0.717, 1.165) is 57.1 Å². The number of likely N-dealkylation sites (N-methyl/N-ethyl adjacent to an activating group) is 1. The van der Waals surface area contributed by atoms with Crippen molar-refractivity contribution in [1.82, 2.24) is 9.80 Å². The van der Waals surface area contributed by atoms with E-state index in [1.165, 1.54) is 5.69 Å². The molecule has 2 atom stereocenters. The van der Waals surface area contributed by atoms with E-state index in [1.54, 1.807) is 0 Å². The van der Waals surface area contributed by atoms with Crippen LogP contribution in [0.5, 0.6) is 0 Å². The van der Waals surface area contributed by atoms with Crippen molar-refractivity contribution in [2.24, 2.45) is 11.8 Å². The van der Waals surface area contributed by atoms with Crippen LogP contribution in [0.4, 0.5) is 11.4 Å².